The summed E-state index contributed by atoms with van der Waals surface area (Å²) in [6.45, 7) is 0. The first-order valence-electron chi connectivity index (χ1n) is 2.24. The molecule has 0 fully saturated rings. The van der Waals surface area contributed by atoms with E-state index in [9.17, 15) is 0 Å². The molecule has 0 aromatic carbocycles. The molecule has 1 heterocycles. The van der Waals surface area contributed by atoms with Crippen molar-refractivity contribution in [2.45, 2.75) is 0 Å². The Hall–Kier alpha value is -0.630. The fourth-order valence-electron chi connectivity index (χ4n) is 0.406. The summed E-state index contributed by atoms with van der Waals surface area (Å²) < 4.78 is 0. The van der Waals surface area contributed by atoms with Gasteiger partial charge in [0.2, 0.25) is 0 Å². The molecule has 44 valence electrons. The summed E-state index contributed by atoms with van der Waals surface area (Å²) in [5.41, 5.74) is 0. The highest BCUT2D eigenvalue weighted by atomic mass is 32.1. The number of hydrogen-bond donors (Lipinski definition) is 1. The first kappa shape index (κ1) is 7.37. The van der Waals surface area contributed by atoms with Crippen molar-refractivity contribution in [3.05, 3.63) is 36.7 Å². The Morgan fingerprint density at radius 2 is 1.25 bits per heavy atom. The zero-order valence-corrected chi connectivity index (χ0v) is 5.46. The average Bonchev–Trinajstić information content (AvgIpc) is 1.90. The van der Waals surface area contributed by atoms with Crippen molar-refractivity contribution in [1.82, 2.24) is 5.32 Å². The Labute approximate surface area is 56.2 Å². The molecule has 0 aliphatic carbocycles. The summed E-state index contributed by atoms with van der Waals surface area (Å²) in [4.78, 5) is 0. The summed E-state index contributed by atoms with van der Waals surface area (Å²) in [7, 11) is 0. The molecule has 0 aromatic rings. The van der Waals surface area contributed by atoms with Gasteiger partial charge >= 0.3 is 0 Å². The summed E-state index contributed by atoms with van der Waals surface area (Å²) in [6, 6.07) is 0. The van der Waals surface area contributed by atoms with Gasteiger partial charge in [-0.2, -0.15) is 13.5 Å². The summed E-state index contributed by atoms with van der Waals surface area (Å²) in [6.07, 6.45) is 11.6. The molecule has 0 amide bonds. The van der Waals surface area contributed by atoms with Gasteiger partial charge in [0.15, 0.2) is 0 Å². The highest BCUT2D eigenvalue weighted by Gasteiger charge is 1.67. The number of hydrogen-bond acceptors (Lipinski definition) is 1. The number of nitrogens with one attached hydrogen (secondary N) is 1. The van der Waals surface area contributed by atoms with Gasteiger partial charge in [-0.05, 0) is 12.2 Å². The van der Waals surface area contributed by atoms with E-state index in [0.29, 0.717) is 0 Å². The average molecular weight is 127 g/mol. The van der Waals surface area contributed by atoms with E-state index in [2.05, 4.69) is 5.32 Å². The molecule has 0 atom stereocenters. The van der Waals surface area contributed by atoms with Crippen LogP contribution in [0.15, 0.2) is 36.7 Å². The van der Waals surface area contributed by atoms with Gasteiger partial charge in [-0.3, -0.25) is 0 Å². The standard InChI is InChI=1S/C6H7N.H2S/c1-2-4-6-7-5-3-1;/h1-7H;1H2. The molecule has 0 bridgehead atoms. The third-order valence-electron chi connectivity index (χ3n) is 0.718. The minimum Gasteiger partial charge on any atom is -0.368 e. The SMILES string of the molecule is C1=CC=CNC=C1.S. The van der Waals surface area contributed by atoms with E-state index in [-0.39, 0.29) is 13.5 Å². The van der Waals surface area contributed by atoms with E-state index in [1.165, 1.54) is 0 Å². The molecule has 0 unspecified atom stereocenters. The van der Waals surface area contributed by atoms with Crippen LogP contribution in [0.25, 0.3) is 0 Å². The maximum absolute atomic E-state index is 2.92. The van der Waals surface area contributed by atoms with Crippen molar-refractivity contribution in [2.24, 2.45) is 0 Å². The van der Waals surface area contributed by atoms with E-state index < -0.39 is 0 Å². The topological polar surface area (TPSA) is 12.0 Å². The molecule has 0 spiro atoms. The van der Waals surface area contributed by atoms with Crippen LogP contribution >= 0.6 is 13.5 Å². The smallest absolute Gasteiger partial charge is 0.000442 e. The van der Waals surface area contributed by atoms with E-state index >= 15 is 0 Å². The van der Waals surface area contributed by atoms with Crippen LogP contribution in [0, 0.1) is 0 Å². The molecule has 1 aliphatic heterocycles. The van der Waals surface area contributed by atoms with Crippen molar-refractivity contribution in [2.75, 3.05) is 0 Å². The van der Waals surface area contributed by atoms with Gasteiger partial charge in [0.1, 0.15) is 0 Å². The maximum atomic E-state index is 2.92. The highest BCUT2D eigenvalue weighted by Crippen LogP contribution is 1.81. The van der Waals surface area contributed by atoms with Crippen molar-refractivity contribution in [3.63, 3.8) is 0 Å². The minimum absolute atomic E-state index is 0. The molecular weight excluding hydrogens is 118 g/mol. The molecule has 0 saturated carbocycles. The quantitative estimate of drug-likeness (QED) is 0.517. The Morgan fingerprint density at radius 1 is 0.750 bits per heavy atom. The Balaban J connectivity index is 0.000000490. The highest BCUT2D eigenvalue weighted by molar-refractivity contribution is 7.59. The Bertz CT molecular complexity index is 110. The van der Waals surface area contributed by atoms with Gasteiger partial charge in [0, 0.05) is 12.4 Å². The first-order valence-corrected chi connectivity index (χ1v) is 2.24. The van der Waals surface area contributed by atoms with Crippen molar-refractivity contribution < 1.29 is 0 Å². The molecule has 1 nitrogen and oxygen atoms in total. The first-order chi connectivity index (χ1) is 3.50. The monoisotopic (exact) mass is 127 g/mol. The zero-order valence-electron chi connectivity index (χ0n) is 4.46. The molecule has 1 N–H and O–H groups in total. The lowest BCUT2D eigenvalue weighted by Gasteiger charge is -1.79. The van der Waals surface area contributed by atoms with E-state index in [0.717, 1.165) is 0 Å². The lowest BCUT2D eigenvalue weighted by Crippen LogP contribution is -1.87. The lowest BCUT2D eigenvalue weighted by atomic mass is 10.5. The maximum Gasteiger partial charge on any atom is 0.000442 e. The van der Waals surface area contributed by atoms with Gasteiger partial charge in [-0.25, -0.2) is 0 Å². The van der Waals surface area contributed by atoms with Crippen LogP contribution in [0.1, 0.15) is 0 Å². The van der Waals surface area contributed by atoms with Crippen LogP contribution < -0.4 is 5.32 Å². The largest absolute Gasteiger partial charge is 0.368 e. The number of rotatable bonds is 0. The van der Waals surface area contributed by atoms with Crippen LogP contribution in [-0.4, -0.2) is 0 Å². The third-order valence-corrected chi connectivity index (χ3v) is 0.718. The molecule has 1 aliphatic rings. The summed E-state index contributed by atoms with van der Waals surface area (Å²) >= 11 is 0. The van der Waals surface area contributed by atoms with Gasteiger partial charge in [0.25, 0.3) is 0 Å². The molecular formula is C6H9NS. The van der Waals surface area contributed by atoms with Crippen LogP contribution in [0.5, 0.6) is 0 Å². The van der Waals surface area contributed by atoms with Crippen molar-refractivity contribution in [1.29, 1.82) is 0 Å². The molecule has 0 radical (unpaired) electrons. The van der Waals surface area contributed by atoms with Crippen LogP contribution in [-0.2, 0) is 0 Å². The van der Waals surface area contributed by atoms with Crippen LogP contribution in [0.4, 0.5) is 0 Å². The molecule has 0 saturated heterocycles. The molecule has 2 heteroatoms. The van der Waals surface area contributed by atoms with Crippen molar-refractivity contribution >= 4 is 13.5 Å². The fraction of sp³-hybridized carbons (Fsp3) is 0. The molecule has 1 rings (SSSR count). The predicted octanol–water partition coefficient (Wildman–Crippen LogP) is 1.29. The summed E-state index contributed by atoms with van der Waals surface area (Å²) in [5, 5.41) is 2.92. The van der Waals surface area contributed by atoms with Gasteiger partial charge in [-0.1, -0.05) is 12.2 Å². The second kappa shape index (κ2) is 4.53. The third kappa shape index (κ3) is 2.53. The normalized spacial score (nSPS) is 14.0. The van der Waals surface area contributed by atoms with E-state index in [4.69, 9.17) is 0 Å². The zero-order chi connectivity index (χ0) is 4.95. The Morgan fingerprint density at radius 3 is 1.75 bits per heavy atom. The number of allylic oxidation sites excluding steroid dienone is 4. The lowest BCUT2D eigenvalue weighted by molar-refractivity contribution is 1.20. The van der Waals surface area contributed by atoms with E-state index in [1.54, 1.807) is 0 Å². The van der Waals surface area contributed by atoms with Gasteiger partial charge in [-0.15, -0.1) is 0 Å². The van der Waals surface area contributed by atoms with E-state index in [1.807, 2.05) is 36.7 Å². The minimum atomic E-state index is 0. The van der Waals surface area contributed by atoms with Gasteiger partial charge < -0.3 is 5.32 Å². The molecule has 0 aromatic heterocycles. The second-order valence-corrected chi connectivity index (χ2v) is 1.27. The summed E-state index contributed by atoms with van der Waals surface area (Å²) in [5.74, 6) is 0. The molecule has 8 heavy (non-hydrogen) atoms. The van der Waals surface area contributed by atoms with Crippen molar-refractivity contribution in [3.8, 4) is 0 Å². The van der Waals surface area contributed by atoms with Gasteiger partial charge in [0.05, 0.1) is 0 Å². The van der Waals surface area contributed by atoms with Crippen LogP contribution in [0.2, 0.25) is 0 Å². The van der Waals surface area contributed by atoms with Crippen LogP contribution in [0.3, 0.4) is 0 Å². The Kier molecular flexibility index (Phi) is 4.17. The predicted molar refractivity (Wildman–Crippen MR) is 40.9 cm³/mol. The second-order valence-electron chi connectivity index (χ2n) is 1.27. The fourth-order valence-corrected chi connectivity index (χ4v) is 0.406.